The highest BCUT2D eigenvalue weighted by Crippen LogP contribution is 2.30. The molecule has 1 fully saturated rings. The molecule has 1 aliphatic heterocycles. The minimum absolute atomic E-state index is 0.0163. The number of rotatable bonds is 6. The smallest absolute Gasteiger partial charge is 0.273 e. The van der Waals surface area contributed by atoms with E-state index in [1.165, 1.54) is 17.7 Å². The zero-order chi connectivity index (χ0) is 21.1. The van der Waals surface area contributed by atoms with Gasteiger partial charge in [0.15, 0.2) is 0 Å². The molecule has 9 heteroatoms. The Kier molecular flexibility index (Phi) is 5.89. The van der Waals surface area contributed by atoms with E-state index >= 15 is 0 Å². The summed E-state index contributed by atoms with van der Waals surface area (Å²) in [4.78, 5) is 18.9. The molecule has 1 aliphatic rings. The van der Waals surface area contributed by atoms with Crippen molar-refractivity contribution in [3.8, 4) is 11.4 Å². The number of anilines is 1. The van der Waals surface area contributed by atoms with Crippen molar-refractivity contribution in [2.24, 2.45) is 0 Å². The second-order valence-electron chi connectivity index (χ2n) is 7.65. The highest BCUT2D eigenvalue weighted by atomic mass is 32.1. The van der Waals surface area contributed by atoms with Crippen molar-refractivity contribution in [3.63, 3.8) is 0 Å². The van der Waals surface area contributed by atoms with Gasteiger partial charge in [-0.2, -0.15) is 9.36 Å². The Labute approximate surface area is 179 Å². The van der Waals surface area contributed by atoms with Gasteiger partial charge in [0.05, 0.1) is 0 Å². The monoisotopic (exact) mass is 424 g/mol. The Balaban J connectivity index is 1.45. The van der Waals surface area contributed by atoms with Gasteiger partial charge < -0.3 is 20.1 Å². The second kappa shape index (κ2) is 8.74. The third-order valence-corrected chi connectivity index (χ3v) is 5.70. The minimum Gasteiger partial charge on any atom is -0.382 e. The van der Waals surface area contributed by atoms with E-state index in [9.17, 15) is 4.79 Å². The van der Waals surface area contributed by atoms with Crippen LogP contribution in [0.2, 0.25) is 0 Å². The van der Waals surface area contributed by atoms with Gasteiger partial charge in [0.2, 0.25) is 11.7 Å². The first-order chi connectivity index (χ1) is 14.5. The van der Waals surface area contributed by atoms with E-state index in [0.29, 0.717) is 30.5 Å². The Hall–Kier alpha value is -3.07. The van der Waals surface area contributed by atoms with Crippen molar-refractivity contribution < 1.29 is 9.32 Å². The van der Waals surface area contributed by atoms with Gasteiger partial charge in [-0.3, -0.25) is 4.79 Å². The summed E-state index contributed by atoms with van der Waals surface area (Å²) in [6.07, 6.45) is 2.89. The minimum atomic E-state index is -0.0163. The maximum absolute atomic E-state index is 12.5. The lowest BCUT2D eigenvalue weighted by Crippen LogP contribution is -2.38. The molecule has 3 aromatic rings. The van der Waals surface area contributed by atoms with Crippen LogP contribution in [0.4, 0.5) is 5.69 Å². The number of carbonyl (C=O) groups excluding carboxylic acids is 1. The Morgan fingerprint density at radius 2 is 2.13 bits per heavy atom. The maximum atomic E-state index is 12.5. The molecule has 1 saturated heterocycles. The zero-order valence-corrected chi connectivity index (χ0v) is 17.8. The van der Waals surface area contributed by atoms with E-state index in [-0.39, 0.29) is 17.9 Å². The molecule has 156 valence electrons. The molecule has 4 rings (SSSR count). The van der Waals surface area contributed by atoms with Crippen molar-refractivity contribution in [2.45, 2.75) is 38.6 Å². The lowest BCUT2D eigenvalue weighted by Gasteiger charge is -2.29. The molecule has 1 aromatic carbocycles. The number of hydrogen-bond donors (Lipinski definition) is 2. The van der Waals surface area contributed by atoms with Crippen molar-refractivity contribution in [3.05, 3.63) is 46.8 Å². The number of aromatic nitrogens is 3. The third-order valence-electron chi connectivity index (χ3n) is 5.14. The number of nitrogens with one attached hydrogen (secondary N) is 2. The van der Waals surface area contributed by atoms with Crippen LogP contribution < -0.4 is 5.32 Å². The van der Waals surface area contributed by atoms with Crippen LogP contribution in [0.25, 0.3) is 11.4 Å². The second-order valence-corrected chi connectivity index (χ2v) is 8.32. The van der Waals surface area contributed by atoms with Gasteiger partial charge in [0, 0.05) is 53.5 Å². The largest absolute Gasteiger partial charge is 0.382 e. The molecule has 2 N–H and O–H groups in total. The van der Waals surface area contributed by atoms with Crippen molar-refractivity contribution in [1.82, 2.24) is 19.4 Å². The average molecular weight is 425 g/mol. The van der Waals surface area contributed by atoms with E-state index in [1.54, 1.807) is 6.07 Å². The van der Waals surface area contributed by atoms with E-state index in [4.69, 9.17) is 9.93 Å². The fourth-order valence-electron chi connectivity index (χ4n) is 3.59. The molecule has 0 radical (unpaired) electrons. The van der Waals surface area contributed by atoms with E-state index in [2.05, 4.69) is 33.7 Å². The number of amides is 1. The molecule has 0 atom stereocenters. The summed E-state index contributed by atoms with van der Waals surface area (Å²) >= 11 is 1.29. The standard InChI is InChI=1S/C21H24N6O2S/c1-13(2)23-18-11-15(3-4-16(18)12-22)19-24-20(29-25-19)14-5-8-27(9-6-14)21(28)17-7-10-30-26-17/h3-4,7,10-14,22-23H,5-6,8-9H2,1-2H3. The van der Waals surface area contributed by atoms with Gasteiger partial charge in [0.1, 0.15) is 5.69 Å². The first-order valence-electron chi connectivity index (χ1n) is 10.00. The van der Waals surface area contributed by atoms with Crippen LogP contribution in [-0.2, 0) is 0 Å². The summed E-state index contributed by atoms with van der Waals surface area (Å²) in [5.41, 5.74) is 3.04. The molecular weight excluding hydrogens is 400 g/mol. The third kappa shape index (κ3) is 4.25. The summed E-state index contributed by atoms with van der Waals surface area (Å²) in [6.45, 7) is 5.40. The Morgan fingerprint density at radius 3 is 2.80 bits per heavy atom. The molecule has 0 spiro atoms. The molecular formula is C21H24N6O2S. The van der Waals surface area contributed by atoms with Gasteiger partial charge in [-0.25, -0.2) is 0 Å². The SMILES string of the molecule is CC(C)Nc1cc(-c2noc(C3CCN(C(=O)c4ccsn4)CC3)n2)ccc1C=N. The number of hydrogen-bond acceptors (Lipinski definition) is 8. The van der Waals surface area contributed by atoms with Gasteiger partial charge in [-0.1, -0.05) is 17.3 Å². The van der Waals surface area contributed by atoms with Crippen LogP contribution in [0, 0.1) is 5.41 Å². The van der Waals surface area contributed by atoms with Gasteiger partial charge >= 0.3 is 0 Å². The predicted octanol–water partition coefficient (Wildman–Crippen LogP) is 4.03. The highest BCUT2D eigenvalue weighted by molar-refractivity contribution is 7.03. The van der Waals surface area contributed by atoms with E-state index < -0.39 is 0 Å². The van der Waals surface area contributed by atoms with Crippen LogP contribution in [0.5, 0.6) is 0 Å². The number of carbonyl (C=O) groups is 1. The van der Waals surface area contributed by atoms with Crippen LogP contribution in [0.15, 0.2) is 34.2 Å². The molecule has 30 heavy (non-hydrogen) atoms. The Morgan fingerprint density at radius 1 is 1.33 bits per heavy atom. The van der Waals surface area contributed by atoms with Crippen molar-refractivity contribution >= 4 is 29.3 Å². The fourth-order valence-corrected chi connectivity index (χ4v) is 4.09. The average Bonchev–Trinajstić information content (AvgIpc) is 3.45. The van der Waals surface area contributed by atoms with Crippen LogP contribution in [0.3, 0.4) is 0 Å². The fraction of sp³-hybridized carbons (Fsp3) is 0.381. The zero-order valence-electron chi connectivity index (χ0n) is 17.0. The van der Waals surface area contributed by atoms with Crippen LogP contribution in [0.1, 0.15) is 54.5 Å². The molecule has 1 amide bonds. The van der Waals surface area contributed by atoms with Gasteiger partial charge in [-0.15, -0.1) is 0 Å². The first-order valence-corrected chi connectivity index (χ1v) is 10.8. The predicted molar refractivity (Wildman–Crippen MR) is 116 cm³/mol. The lowest BCUT2D eigenvalue weighted by atomic mass is 9.96. The normalized spacial score (nSPS) is 14.8. The van der Waals surface area contributed by atoms with Gasteiger partial charge in [0.25, 0.3) is 5.91 Å². The number of nitrogens with zero attached hydrogens (tertiary/aromatic N) is 4. The maximum Gasteiger partial charge on any atom is 0.273 e. The molecule has 0 bridgehead atoms. The number of piperidine rings is 1. The molecule has 2 aromatic heterocycles. The summed E-state index contributed by atoms with van der Waals surface area (Å²) in [5, 5.41) is 16.9. The Bertz CT molecular complexity index is 1020. The van der Waals surface area contributed by atoms with E-state index in [1.807, 2.05) is 28.5 Å². The first kappa shape index (κ1) is 20.2. The van der Waals surface area contributed by atoms with Crippen molar-refractivity contribution in [1.29, 1.82) is 5.41 Å². The van der Waals surface area contributed by atoms with Gasteiger partial charge in [-0.05, 0) is 50.4 Å². The number of likely N-dealkylation sites (tertiary alicyclic amines) is 1. The number of benzene rings is 1. The molecule has 3 heterocycles. The molecule has 0 unspecified atom stereocenters. The highest BCUT2D eigenvalue weighted by Gasteiger charge is 2.28. The summed E-state index contributed by atoms with van der Waals surface area (Å²) in [5.74, 6) is 1.27. The van der Waals surface area contributed by atoms with Crippen LogP contribution in [-0.4, -0.2) is 50.7 Å². The topological polar surface area (TPSA) is 108 Å². The molecule has 0 aliphatic carbocycles. The van der Waals surface area contributed by atoms with E-state index in [0.717, 1.165) is 29.7 Å². The lowest BCUT2D eigenvalue weighted by molar-refractivity contribution is 0.0700. The summed E-state index contributed by atoms with van der Waals surface area (Å²) < 4.78 is 9.70. The molecule has 0 saturated carbocycles. The summed E-state index contributed by atoms with van der Waals surface area (Å²) in [6, 6.07) is 7.73. The summed E-state index contributed by atoms with van der Waals surface area (Å²) in [7, 11) is 0. The van der Waals surface area contributed by atoms with Crippen molar-refractivity contribution in [2.75, 3.05) is 18.4 Å². The molecule has 8 nitrogen and oxygen atoms in total. The quantitative estimate of drug-likeness (QED) is 0.579. The van der Waals surface area contributed by atoms with Crippen LogP contribution >= 0.6 is 11.5 Å².